The van der Waals surface area contributed by atoms with Crippen LogP contribution < -0.4 is 0 Å². The largest absolute Gasteiger partial charge is 0.462 e. The van der Waals surface area contributed by atoms with Gasteiger partial charge in [-0.05, 0) is 37.0 Å². The molecule has 66 heavy (non-hydrogen) atoms. The van der Waals surface area contributed by atoms with Crippen LogP contribution in [0.4, 0.5) is 0 Å². The van der Waals surface area contributed by atoms with Crippen LogP contribution in [-0.4, -0.2) is 37.2 Å². The predicted molar refractivity (Wildman–Crippen MR) is 284 cm³/mol. The highest BCUT2D eigenvalue weighted by atomic mass is 16.6. The Hall–Kier alpha value is -1.59. The summed E-state index contributed by atoms with van der Waals surface area (Å²) in [6.45, 7) is 13.8. The van der Waals surface area contributed by atoms with Crippen LogP contribution in [0.2, 0.25) is 0 Å². The van der Waals surface area contributed by atoms with E-state index in [2.05, 4.69) is 41.5 Å². The monoisotopic (exact) mass is 933 g/mol. The molecular weight excluding hydrogens is 817 g/mol. The van der Waals surface area contributed by atoms with Crippen molar-refractivity contribution in [3.8, 4) is 0 Å². The first-order valence-electron chi connectivity index (χ1n) is 29.6. The molecule has 0 aliphatic carbocycles. The molecular formula is C60H116O6. The zero-order chi connectivity index (χ0) is 48.4. The van der Waals surface area contributed by atoms with Gasteiger partial charge >= 0.3 is 17.9 Å². The first-order valence-corrected chi connectivity index (χ1v) is 29.6. The van der Waals surface area contributed by atoms with Gasteiger partial charge in [-0.1, -0.05) is 292 Å². The van der Waals surface area contributed by atoms with Crippen LogP contribution in [0.15, 0.2) is 0 Å². The van der Waals surface area contributed by atoms with Crippen LogP contribution >= 0.6 is 0 Å². The van der Waals surface area contributed by atoms with E-state index in [1.807, 2.05) is 0 Å². The number of hydrogen-bond acceptors (Lipinski definition) is 6. The Bertz CT molecular complexity index is 1020. The van der Waals surface area contributed by atoms with Crippen molar-refractivity contribution in [2.75, 3.05) is 13.2 Å². The maximum Gasteiger partial charge on any atom is 0.306 e. The Morgan fingerprint density at radius 3 is 0.652 bits per heavy atom. The number of hydrogen-bond donors (Lipinski definition) is 0. The summed E-state index contributed by atoms with van der Waals surface area (Å²) in [5, 5.41) is 0. The number of ether oxygens (including phenoxy) is 3. The van der Waals surface area contributed by atoms with Gasteiger partial charge in [0.05, 0.1) is 0 Å². The summed E-state index contributed by atoms with van der Waals surface area (Å²) in [6.07, 6.45) is 53.8. The van der Waals surface area contributed by atoms with Gasteiger partial charge in [-0.2, -0.15) is 0 Å². The Morgan fingerprint density at radius 1 is 0.258 bits per heavy atom. The van der Waals surface area contributed by atoms with Crippen molar-refractivity contribution < 1.29 is 28.6 Å². The molecule has 0 N–H and O–H groups in total. The molecule has 0 rings (SSSR count). The first-order chi connectivity index (χ1) is 32.1. The van der Waals surface area contributed by atoms with E-state index in [0.717, 1.165) is 75.5 Å². The molecule has 0 aromatic carbocycles. The summed E-state index contributed by atoms with van der Waals surface area (Å²) in [5.41, 5.74) is 0. The fraction of sp³-hybridized carbons (Fsp3) is 0.950. The molecule has 0 aromatic rings. The van der Waals surface area contributed by atoms with Gasteiger partial charge in [0, 0.05) is 19.3 Å². The summed E-state index contributed by atoms with van der Waals surface area (Å²) < 4.78 is 16.9. The Labute approximate surface area is 412 Å². The summed E-state index contributed by atoms with van der Waals surface area (Å²) in [6, 6.07) is 0. The third kappa shape index (κ3) is 53.4. The van der Waals surface area contributed by atoms with Crippen molar-refractivity contribution in [2.24, 2.45) is 17.8 Å². The number of rotatable bonds is 53. The summed E-state index contributed by atoms with van der Waals surface area (Å²) in [5.74, 6) is 1.67. The molecule has 0 fully saturated rings. The normalized spacial score (nSPS) is 12.1. The van der Waals surface area contributed by atoms with Gasteiger partial charge in [0.2, 0.25) is 0 Å². The maximum absolute atomic E-state index is 12.9. The van der Waals surface area contributed by atoms with Crippen molar-refractivity contribution in [1.29, 1.82) is 0 Å². The minimum atomic E-state index is -0.764. The van der Waals surface area contributed by atoms with Crippen molar-refractivity contribution in [1.82, 2.24) is 0 Å². The summed E-state index contributed by atoms with van der Waals surface area (Å²) in [7, 11) is 0. The van der Waals surface area contributed by atoms with Crippen molar-refractivity contribution in [3.05, 3.63) is 0 Å². The van der Waals surface area contributed by atoms with Crippen LogP contribution in [0.1, 0.15) is 330 Å². The SMILES string of the molecule is CC(C)CCCCCCCCCCCCCCCCCC(=O)O[C@@H](COC(=O)CCCCCCCCCCCCCCCCC(C)C)COC(=O)CCCCCCCCCCCCC(C)C. The second-order valence-corrected chi connectivity index (χ2v) is 22.1. The molecule has 0 aromatic heterocycles. The smallest absolute Gasteiger partial charge is 0.306 e. The Kier molecular flexibility index (Phi) is 50.0. The topological polar surface area (TPSA) is 78.9 Å². The average molecular weight is 934 g/mol. The van der Waals surface area contributed by atoms with Crippen molar-refractivity contribution in [2.45, 2.75) is 337 Å². The lowest BCUT2D eigenvalue weighted by atomic mass is 10.0. The summed E-state index contributed by atoms with van der Waals surface area (Å²) in [4.78, 5) is 38.2. The third-order valence-electron chi connectivity index (χ3n) is 13.6. The highest BCUT2D eigenvalue weighted by Crippen LogP contribution is 2.19. The van der Waals surface area contributed by atoms with Gasteiger partial charge in [-0.25, -0.2) is 0 Å². The van der Waals surface area contributed by atoms with E-state index >= 15 is 0 Å². The molecule has 0 aliphatic rings. The molecule has 1 atom stereocenters. The van der Waals surface area contributed by atoms with E-state index in [9.17, 15) is 14.4 Å². The molecule has 0 bridgehead atoms. The van der Waals surface area contributed by atoms with Crippen molar-refractivity contribution >= 4 is 17.9 Å². The quantitative estimate of drug-likeness (QED) is 0.0343. The van der Waals surface area contributed by atoms with Crippen molar-refractivity contribution in [3.63, 3.8) is 0 Å². The van der Waals surface area contributed by atoms with E-state index in [1.165, 1.54) is 212 Å². The second-order valence-electron chi connectivity index (χ2n) is 22.1. The fourth-order valence-corrected chi connectivity index (χ4v) is 9.18. The van der Waals surface area contributed by atoms with Gasteiger partial charge in [0.1, 0.15) is 13.2 Å². The highest BCUT2D eigenvalue weighted by molar-refractivity contribution is 5.71. The standard InChI is InChI=1S/C60H116O6/c1-54(2)46-40-34-28-22-16-12-8-7-9-15-19-27-33-39-45-51-60(63)66-57(53-65-59(62)50-44-38-32-26-21-20-24-30-36-42-48-56(5)6)52-64-58(61)49-43-37-31-25-18-14-11-10-13-17-23-29-35-41-47-55(3)4/h54-57H,7-53H2,1-6H3/t57-/m0/s1. The minimum absolute atomic E-state index is 0.0633. The molecule has 6 nitrogen and oxygen atoms in total. The van der Waals surface area contributed by atoms with Gasteiger partial charge in [-0.15, -0.1) is 0 Å². The number of esters is 3. The molecule has 0 unspecified atom stereocenters. The van der Waals surface area contributed by atoms with E-state index < -0.39 is 6.10 Å². The lowest BCUT2D eigenvalue weighted by Gasteiger charge is -2.18. The number of carbonyl (C=O) groups excluding carboxylic acids is 3. The zero-order valence-corrected chi connectivity index (χ0v) is 45.5. The van der Waals surface area contributed by atoms with E-state index in [4.69, 9.17) is 14.2 Å². The molecule has 0 saturated heterocycles. The predicted octanol–water partition coefficient (Wildman–Crippen LogP) is 19.5. The second kappa shape index (κ2) is 51.3. The van der Waals surface area contributed by atoms with Crippen LogP contribution in [0, 0.1) is 17.8 Å². The molecule has 392 valence electrons. The molecule has 0 saturated carbocycles. The fourth-order valence-electron chi connectivity index (χ4n) is 9.18. The lowest BCUT2D eigenvalue weighted by Crippen LogP contribution is -2.30. The van der Waals surface area contributed by atoms with E-state index in [0.29, 0.717) is 19.3 Å². The molecule has 0 amide bonds. The Balaban J connectivity index is 4.29. The third-order valence-corrected chi connectivity index (χ3v) is 13.6. The number of carbonyl (C=O) groups is 3. The van der Waals surface area contributed by atoms with Crippen LogP contribution in [0.3, 0.4) is 0 Å². The lowest BCUT2D eigenvalue weighted by molar-refractivity contribution is -0.167. The maximum atomic E-state index is 12.9. The first kappa shape index (κ1) is 64.4. The van der Waals surface area contributed by atoms with Crippen LogP contribution in [0.5, 0.6) is 0 Å². The highest BCUT2D eigenvalue weighted by Gasteiger charge is 2.19. The minimum Gasteiger partial charge on any atom is -0.462 e. The Morgan fingerprint density at radius 2 is 0.439 bits per heavy atom. The van der Waals surface area contributed by atoms with E-state index in [-0.39, 0.29) is 31.1 Å². The van der Waals surface area contributed by atoms with Gasteiger partial charge in [0.15, 0.2) is 6.10 Å². The molecule has 0 aliphatic heterocycles. The molecule has 6 heteroatoms. The van der Waals surface area contributed by atoms with Crippen LogP contribution in [-0.2, 0) is 28.6 Å². The summed E-state index contributed by atoms with van der Waals surface area (Å²) >= 11 is 0. The molecule has 0 spiro atoms. The number of unbranched alkanes of at least 4 members (excludes halogenated alkanes) is 36. The molecule has 0 radical (unpaired) electrons. The molecule has 0 heterocycles. The average Bonchev–Trinajstić information content (AvgIpc) is 3.28. The van der Waals surface area contributed by atoms with E-state index in [1.54, 1.807) is 0 Å². The van der Waals surface area contributed by atoms with Gasteiger partial charge < -0.3 is 14.2 Å². The van der Waals surface area contributed by atoms with Crippen LogP contribution in [0.25, 0.3) is 0 Å². The van der Waals surface area contributed by atoms with Gasteiger partial charge in [-0.3, -0.25) is 14.4 Å². The van der Waals surface area contributed by atoms with Gasteiger partial charge in [0.25, 0.3) is 0 Å². The zero-order valence-electron chi connectivity index (χ0n) is 45.5.